The molecule has 0 radical (unpaired) electrons. The summed E-state index contributed by atoms with van der Waals surface area (Å²) in [6.45, 7) is 2.93. The van der Waals surface area contributed by atoms with Crippen LogP contribution in [0, 0.1) is 0 Å². The third-order valence-corrected chi connectivity index (χ3v) is 9.05. The largest absolute Gasteiger partial charge is 0.495 e. The van der Waals surface area contributed by atoms with Gasteiger partial charge in [-0.25, -0.2) is 13.2 Å². The molecule has 224 valence electrons. The van der Waals surface area contributed by atoms with Crippen LogP contribution in [-0.2, 0) is 30.5 Å². The van der Waals surface area contributed by atoms with Gasteiger partial charge in [-0.1, -0.05) is 6.42 Å². The third-order valence-electron chi connectivity index (χ3n) is 7.01. The first-order valence-electron chi connectivity index (χ1n) is 13.1. The molecule has 0 aromatic heterocycles. The summed E-state index contributed by atoms with van der Waals surface area (Å²) in [7, 11) is -2.68. The number of ether oxygens (including phenoxy) is 3. The highest BCUT2D eigenvalue weighted by Gasteiger charge is 2.34. The van der Waals surface area contributed by atoms with Gasteiger partial charge in [0.2, 0.25) is 10.0 Å². The molecule has 4 rings (SSSR count). The van der Waals surface area contributed by atoms with Crippen molar-refractivity contribution < 1.29 is 45.4 Å². The van der Waals surface area contributed by atoms with Crippen molar-refractivity contribution in [2.24, 2.45) is 0 Å². The number of halogens is 3. The Kier molecular flexibility index (Phi) is 9.44. The molecule has 2 heterocycles. The lowest BCUT2D eigenvalue weighted by molar-refractivity contribution is -0.137. The van der Waals surface area contributed by atoms with Gasteiger partial charge in [0.15, 0.2) is 6.61 Å². The van der Waals surface area contributed by atoms with Crippen molar-refractivity contribution in [3.63, 3.8) is 0 Å². The fourth-order valence-electron chi connectivity index (χ4n) is 4.85. The van der Waals surface area contributed by atoms with Crippen LogP contribution >= 0.6 is 0 Å². The van der Waals surface area contributed by atoms with Crippen LogP contribution < -0.4 is 15.0 Å². The maximum absolute atomic E-state index is 13.4. The van der Waals surface area contributed by atoms with Crippen LogP contribution in [0.2, 0.25) is 0 Å². The predicted octanol–water partition coefficient (Wildman–Crippen LogP) is 3.91. The van der Waals surface area contributed by atoms with E-state index in [9.17, 15) is 31.2 Å². The summed E-state index contributed by atoms with van der Waals surface area (Å²) in [5, 5.41) is 2.41. The Balaban J connectivity index is 1.49. The normalized spacial score (nSPS) is 18.6. The van der Waals surface area contributed by atoms with E-state index in [1.54, 1.807) is 4.90 Å². The van der Waals surface area contributed by atoms with Crippen molar-refractivity contribution in [1.82, 2.24) is 4.31 Å². The molecule has 2 aromatic rings. The maximum Gasteiger partial charge on any atom is 0.416 e. The number of amides is 1. The molecule has 1 N–H and O–H groups in total. The second-order valence-electron chi connectivity index (χ2n) is 9.78. The summed E-state index contributed by atoms with van der Waals surface area (Å²) in [4.78, 5) is 27.1. The molecule has 0 aliphatic carbocycles. The Hall–Kier alpha value is -3.36. The van der Waals surface area contributed by atoms with Gasteiger partial charge >= 0.3 is 12.1 Å². The standard InChI is InChI=1S/C27H32F3N3O7S/c1-18-5-3-4-10-33(18)41(36,37)24-15-19(6-9-23(24)38-2)26(35)40-17-25(34)31-21-16-20(27(28,29)30)7-8-22(21)32-11-13-39-14-12-32/h6-9,15-16,18H,3-5,10-14,17H2,1-2H3,(H,31,34)/t18-/m1/s1. The third kappa shape index (κ3) is 7.11. The molecule has 0 bridgehead atoms. The van der Waals surface area contributed by atoms with E-state index in [-0.39, 0.29) is 27.9 Å². The predicted molar refractivity (Wildman–Crippen MR) is 144 cm³/mol. The van der Waals surface area contributed by atoms with E-state index in [1.807, 2.05) is 6.92 Å². The zero-order chi connectivity index (χ0) is 29.8. The minimum Gasteiger partial charge on any atom is -0.495 e. The number of morpholine rings is 1. The quantitative estimate of drug-likeness (QED) is 0.455. The molecular weight excluding hydrogens is 567 g/mol. The molecule has 1 amide bonds. The minimum absolute atomic E-state index is 0.0530. The summed E-state index contributed by atoms with van der Waals surface area (Å²) in [5.74, 6) is -1.80. The van der Waals surface area contributed by atoms with Crippen LogP contribution in [0.4, 0.5) is 24.5 Å². The molecule has 10 nitrogen and oxygen atoms in total. The van der Waals surface area contributed by atoms with Crippen LogP contribution in [0.5, 0.6) is 5.75 Å². The van der Waals surface area contributed by atoms with Crippen molar-refractivity contribution in [3.8, 4) is 5.75 Å². The Bertz CT molecular complexity index is 1380. The fraction of sp³-hybridized carbons (Fsp3) is 0.481. The molecule has 0 spiro atoms. The van der Waals surface area contributed by atoms with E-state index in [4.69, 9.17) is 14.2 Å². The van der Waals surface area contributed by atoms with Crippen molar-refractivity contribution in [2.75, 3.05) is 56.8 Å². The fourth-order valence-corrected chi connectivity index (χ4v) is 6.74. The second-order valence-corrected chi connectivity index (χ2v) is 11.6. The molecule has 41 heavy (non-hydrogen) atoms. The van der Waals surface area contributed by atoms with Crippen molar-refractivity contribution in [2.45, 2.75) is 43.3 Å². The zero-order valence-electron chi connectivity index (χ0n) is 22.7. The number of nitrogens with one attached hydrogen (secondary N) is 1. The molecule has 14 heteroatoms. The van der Waals surface area contributed by atoms with Gasteiger partial charge in [0.05, 0.1) is 42.8 Å². The SMILES string of the molecule is COc1ccc(C(=O)OCC(=O)Nc2cc(C(F)(F)F)ccc2N2CCOCC2)cc1S(=O)(=O)N1CCCC[C@H]1C. The number of sulfonamides is 1. The smallest absolute Gasteiger partial charge is 0.416 e. The Labute approximate surface area is 236 Å². The summed E-state index contributed by atoms with van der Waals surface area (Å²) in [6, 6.07) is 6.58. The Morgan fingerprint density at radius 1 is 1.07 bits per heavy atom. The summed E-state index contributed by atoms with van der Waals surface area (Å²) < 4.78 is 83.9. The lowest BCUT2D eigenvalue weighted by Gasteiger charge is -2.32. The molecule has 0 saturated carbocycles. The molecule has 2 aromatic carbocycles. The molecule has 2 fully saturated rings. The van der Waals surface area contributed by atoms with Crippen LogP contribution in [0.15, 0.2) is 41.3 Å². The van der Waals surface area contributed by atoms with E-state index in [0.717, 1.165) is 24.6 Å². The van der Waals surface area contributed by atoms with Gasteiger partial charge in [0, 0.05) is 25.7 Å². The number of nitrogens with zero attached hydrogens (tertiary/aromatic N) is 2. The van der Waals surface area contributed by atoms with Gasteiger partial charge in [-0.15, -0.1) is 0 Å². The first-order valence-corrected chi connectivity index (χ1v) is 14.6. The van der Waals surface area contributed by atoms with E-state index >= 15 is 0 Å². The van der Waals surface area contributed by atoms with Crippen LogP contribution in [0.3, 0.4) is 0 Å². The Morgan fingerprint density at radius 3 is 2.46 bits per heavy atom. The number of benzene rings is 2. The Morgan fingerprint density at radius 2 is 1.80 bits per heavy atom. The average Bonchev–Trinajstić information content (AvgIpc) is 2.95. The van der Waals surface area contributed by atoms with Crippen molar-refractivity contribution in [3.05, 3.63) is 47.5 Å². The first kappa shape index (κ1) is 30.6. The number of rotatable bonds is 8. The monoisotopic (exact) mass is 599 g/mol. The van der Waals surface area contributed by atoms with Gasteiger partial charge < -0.3 is 24.4 Å². The number of hydrogen-bond acceptors (Lipinski definition) is 8. The van der Waals surface area contributed by atoms with E-state index in [0.29, 0.717) is 51.4 Å². The lowest BCUT2D eigenvalue weighted by atomic mass is 10.1. The minimum atomic E-state index is -4.63. The topological polar surface area (TPSA) is 114 Å². The maximum atomic E-state index is 13.4. The van der Waals surface area contributed by atoms with Gasteiger partial charge in [-0.05, 0) is 56.2 Å². The van der Waals surface area contributed by atoms with Gasteiger partial charge in [-0.2, -0.15) is 17.5 Å². The van der Waals surface area contributed by atoms with Gasteiger partial charge in [0.25, 0.3) is 5.91 Å². The van der Waals surface area contributed by atoms with E-state index in [1.165, 1.54) is 29.6 Å². The van der Waals surface area contributed by atoms with Crippen LogP contribution in [0.1, 0.15) is 42.1 Å². The second kappa shape index (κ2) is 12.7. The van der Waals surface area contributed by atoms with Crippen molar-refractivity contribution in [1.29, 1.82) is 0 Å². The number of carbonyl (C=O) groups excluding carboxylic acids is 2. The van der Waals surface area contributed by atoms with Gasteiger partial charge in [-0.3, -0.25) is 4.79 Å². The lowest BCUT2D eigenvalue weighted by Crippen LogP contribution is -2.42. The van der Waals surface area contributed by atoms with Gasteiger partial charge in [0.1, 0.15) is 10.6 Å². The summed E-state index contributed by atoms with van der Waals surface area (Å²) in [6.07, 6.45) is -2.31. The number of hydrogen-bond donors (Lipinski definition) is 1. The van der Waals surface area contributed by atoms with Crippen LogP contribution in [-0.4, -0.2) is 77.2 Å². The summed E-state index contributed by atoms with van der Waals surface area (Å²) >= 11 is 0. The average molecular weight is 600 g/mol. The number of anilines is 2. The highest BCUT2D eigenvalue weighted by molar-refractivity contribution is 7.89. The molecule has 0 unspecified atom stereocenters. The first-order chi connectivity index (χ1) is 19.4. The van der Waals surface area contributed by atoms with Crippen molar-refractivity contribution >= 4 is 33.3 Å². The molecular formula is C27H32F3N3O7S. The number of piperidine rings is 1. The highest BCUT2D eigenvalue weighted by atomic mass is 32.2. The molecule has 2 saturated heterocycles. The summed E-state index contributed by atoms with van der Waals surface area (Å²) in [5.41, 5.74) is -0.791. The highest BCUT2D eigenvalue weighted by Crippen LogP contribution is 2.36. The number of alkyl halides is 3. The number of carbonyl (C=O) groups is 2. The number of esters is 1. The molecule has 2 aliphatic heterocycles. The zero-order valence-corrected chi connectivity index (χ0v) is 23.5. The molecule has 2 aliphatic rings. The number of methoxy groups -OCH3 is 1. The van der Waals surface area contributed by atoms with E-state index < -0.39 is 40.2 Å². The van der Waals surface area contributed by atoms with Crippen LogP contribution in [0.25, 0.3) is 0 Å². The molecule has 1 atom stereocenters. The van der Waals surface area contributed by atoms with E-state index in [2.05, 4.69) is 5.32 Å².